The standard InChI is InChI=1S/C48H28N2O2S/c1-4-12-40-34(8-1)39-11-7-15-47-48(39)50(40)41-26-30(18-25-46(41)53-47)29-16-19-31(20-17-29)49(32-21-23-37-35-9-2-5-13-42(35)51-44(37)27-32)33-22-24-38-36-10-3-6-14-43(36)52-45(38)28-33/h1-28H. The number of hydrogen-bond acceptors (Lipinski definition) is 4. The molecule has 4 heterocycles. The van der Waals surface area contributed by atoms with E-state index in [-0.39, 0.29) is 0 Å². The van der Waals surface area contributed by atoms with Crippen molar-refractivity contribution in [3.8, 4) is 16.8 Å². The van der Waals surface area contributed by atoms with Crippen LogP contribution in [0.1, 0.15) is 0 Å². The van der Waals surface area contributed by atoms with Crippen LogP contribution in [-0.2, 0) is 0 Å². The average Bonchev–Trinajstić information content (AvgIpc) is 3.88. The van der Waals surface area contributed by atoms with Crippen LogP contribution in [0, 0.1) is 0 Å². The summed E-state index contributed by atoms with van der Waals surface area (Å²) < 4.78 is 15.2. The molecule has 0 saturated carbocycles. The van der Waals surface area contributed by atoms with Crippen LogP contribution in [0.5, 0.6) is 0 Å². The van der Waals surface area contributed by atoms with Gasteiger partial charge in [-0.2, -0.15) is 0 Å². The molecule has 1 aliphatic rings. The molecule has 3 aromatic heterocycles. The van der Waals surface area contributed by atoms with Gasteiger partial charge in [0.15, 0.2) is 0 Å². The van der Waals surface area contributed by atoms with Crippen molar-refractivity contribution in [2.45, 2.75) is 9.79 Å². The molecule has 4 nitrogen and oxygen atoms in total. The minimum Gasteiger partial charge on any atom is -0.456 e. The van der Waals surface area contributed by atoms with E-state index < -0.39 is 0 Å². The zero-order chi connectivity index (χ0) is 34.6. The summed E-state index contributed by atoms with van der Waals surface area (Å²) >= 11 is 1.86. The van der Waals surface area contributed by atoms with Gasteiger partial charge < -0.3 is 18.3 Å². The van der Waals surface area contributed by atoms with Crippen LogP contribution in [0.3, 0.4) is 0 Å². The maximum Gasteiger partial charge on any atom is 0.137 e. The Morgan fingerprint density at radius 1 is 0.396 bits per heavy atom. The Morgan fingerprint density at radius 2 is 0.962 bits per heavy atom. The van der Waals surface area contributed by atoms with E-state index >= 15 is 0 Å². The molecular formula is C48H28N2O2S. The fourth-order valence-corrected chi connectivity index (χ4v) is 9.43. The highest BCUT2D eigenvalue weighted by molar-refractivity contribution is 7.99. The normalized spacial score (nSPS) is 12.5. The summed E-state index contributed by atoms with van der Waals surface area (Å²) in [4.78, 5) is 4.84. The molecule has 12 rings (SSSR count). The lowest BCUT2D eigenvalue weighted by atomic mass is 10.0. The van der Waals surface area contributed by atoms with Gasteiger partial charge in [-0.25, -0.2) is 0 Å². The third-order valence-electron chi connectivity index (χ3n) is 10.8. The summed E-state index contributed by atoms with van der Waals surface area (Å²) in [6.45, 7) is 0. The molecule has 0 saturated heterocycles. The van der Waals surface area contributed by atoms with Crippen LogP contribution >= 0.6 is 11.8 Å². The summed E-state index contributed by atoms with van der Waals surface area (Å²) in [5.74, 6) is 0. The van der Waals surface area contributed by atoms with Crippen LogP contribution in [0.15, 0.2) is 188 Å². The Morgan fingerprint density at radius 3 is 1.66 bits per heavy atom. The minimum atomic E-state index is 0.857. The molecule has 0 bridgehead atoms. The predicted octanol–water partition coefficient (Wildman–Crippen LogP) is 14.2. The Bertz CT molecular complexity index is 3160. The van der Waals surface area contributed by atoms with Crippen molar-refractivity contribution < 1.29 is 8.83 Å². The number of benzene rings is 8. The van der Waals surface area contributed by atoms with Gasteiger partial charge in [-0.1, -0.05) is 96.7 Å². The third-order valence-corrected chi connectivity index (χ3v) is 11.9. The molecular weight excluding hydrogens is 669 g/mol. The number of para-hydroxylation sites is 4. The molecule has 5 heteroatoms. The second-order valence-corrected chi connectivity index (χ2v) is 14.8. The van der Waals surface area contributed by atoms with Crippen LogP contribution < -0.4 is 4.90 Å². The first kappa shape index (κ1) is 28.9. The molecule has 0 radical (unpaired) electrons. The molecule has 11 aromatic rings. The highest BCUT2D eigenvalue weighted by Crippen LogP contribution is 2.48. The maximum atomic E-state index is 6.36. The highest BCUT2D eigenvalue weighted by atomic mass is 32.2. The molecule has 0 unspecified atom stereocenters. The van der Waals surface area contributed by atoms with E-state index in [4.69, 9.17) is 8.83 Å². The maximum absolute atomic E-state index is 6.36. The van der Waals surface area contributed by atoms with Crippen LogP contribution in [0.25, 0.3) is 82.5 Å². The smallest absolute Gasteiger partial charge is 0.137 e. The number of fused-ring (bicyclic) bond motifs is 11. The van der Waals surface area contributed by atoms with E-state index in [2.05, 4.69) is 155 Å². The Hall–Kier alpha value is -6.69. The molecule has 53 heavy (non-hydrogen) atoms. The van der Waals surface area contributed by atoms with Gasteiger partial charge >= 0.3 is 0 Å². The zero-order valence-electron chi connectivity index (χ0n) is 28.3. The molecule has 1 aliphatic heterocycles. The number of hydrogen-bond donors (Lipinski definition) is 0. The molecule has 248 valence electrons. The monoisotopic (exact) mass is 696 g/mol. The molecule has 0 spiro atoms. The van der Waals surface area contributed by atoms with Gasteiger partial charge in [0.1, 0.15) is 22.3 Å². The van der Waals surface area contributed by atoms with E-state index in [1.165, 1.54) is 42.8 Å². The van der Waals surface area contributed by atoms with Gasteiger partial charge in [0.25, 0.3) is 0 Å². The first-order chi connectivity index (χ1) is 26.2. The number of aromatic nitrogens is 1. The summed E-state index contributed by atoms with van der Waals surface area (Å²) in [7, 11) is 0. The Labute approximate surface area is 308 Å². The van der Waals surface area contributed by atoms with Gasteiger partial charge in [-0.3, -0.25) is 0 Å². The first-order valence-corrected chi connectivity index (χ1v) is 18.6. The summed E-state index contributed by atoms with van der Waals surface area (Å²) in [5.41, 5.74) is 12.6. The molecule has 0 aliphatic carbocycles. The molecule has 0 amide bonds. The quantitative estimate of drug-likeness (QED) is 0.183. The van der Waals surface area contributed by atoms with E-state index in [0.717, 1.165) is 66.5 Å². The number of anilines is 3. The second-order valence-electron chi connectivity index (χ2n) is 13.7. The van der Waals surface area contributed by atoms with Crippen molar-refractivity contribution in [1.82, 2.24) is 4.57 Å². The van der Waals surface area contributed by atoms with E-state index in [1.807, 2.05) is 36.0 Å². The van der Waals surface area contributed by atoms with Gasteiger partial charge in [-0.05, 0) is 83.9 Å². The average molecular weight is 697 g/mol. The van der Waals surface area contributed by atoms with E-state index in [9.17, 15) is 0 Å². The first-order valence-electron chi connectivity index (χ1n) is 17.8. The van der Waals surface area contributed by atoms with Crippen molar-refractivity contribution in [2.75, 3.05) is 4.90 Å². The Kier molecular flexibility index (Phi) is 5.96. The molecule has 0 N–H and O–H groups in total. The van der Waals surface area contributed by atoms with Crippen molar-refractivity contribution in [3.05, 3.63) is 170 Å². The lowest BCUT2D eigenvalue weighted by molar-refractivity contribution is 0.669. The lowest BCUT2D eigenvalue weighted by Crippen LogP contribution is -2.09. The number of nitrogens with zero attached hydrogens (tertiary/aromatic N) is 2. The predicted molar refractivity (Wildman–Crippen MR) is 220 cm³/mol. The van der Waals surface area contributed by atoms with Crippen LogP contribution in [0.2, 0.25) is 0 Å². The summed E-state index contributed by atoms with van der Waals surface area (Å²) in [6, 6.07) is 60.6. The topological polar surface area (TPSA) is 34.5 Å². The third kappa shape index (κ3) is 4.26. The molecule has 0 atom stereocenters. The van der Waals surface area contributed by atoms with Crippen molar-refractivity contribution in [1.29, 1.82) is 0 Å². The van der Waals surface area contributed by atoms with Crippen LogP contribution in [0.4, 0.5) is 17.1 Å². The largest absolute Gasteiger partial charge is 0.456 e. The van der Waals surface area contributed by atoms with Gasteiger partial charge in [-0.15, -0.1) is 0 Å². The van der Waals surface area contributed by atoms with Crippen LogP contribution in [-0.4, -0.2) is 4.57 Å². The minimum absolute atomic E-state index is 0.857. The molecule has 8 aromatic carbocycles. The molecule has 0 fully saturated rings. The van der Waals surface area contributed by atoms with E-state index in [1.54, 1.807) is 0 Å². The van der Waals surface area contributed by atoms with Gasteiger partial charge in [0.2, 0.25) is 0 Å². The van der Waals surface area contributed by atoms with Crippen molar-refractivity contribution in [2.24, 2.45) is 0 Å². The van der Waals surface area contributed by atoms with Gasteiger partial charge in [0, 0.05) is 71.3 Å². The summed E-state index contributed by atoms with van der Waals surface area (Å²) in [5, 5.41) is 7.03. The van der Waals surface area contributed by atoms with E-state index in [0.29, 0.717) is 0 Å². The number of rotatable bonds is 4. The van der Waals surface area contributed by atoms with Gasteiger partial charge in [0.05, 0.1) is 16.7 Å². The summed E-state index contributed by atoms with van der Waals surface area (Å²) in [6.07, 6.45) is 0. The SMILES string of the molecule is c1ccc2c(c1)oc1cc(N(c3ccc(-c4ccc5c(c4)-n4c6ccccc6c6cccc(c64)S5)cc3)c3ccc4c(c3)oc3ccccc34)ccc12. The van der Waals surface area contributed by atoms with Crippen molar-refractivity contribution >= 4 is 94.5 Å². The second kappa shape index (κ2) is 10.9. The fraction of sp³-hybridized carbons (Fsp3) is 0. The Balaban J connectivity index is 0.993. The lowest BCUT2D eigenvalue weighted by Gasteiger charge is -2.26. The zero-order valence-corrected chi connectivity index (χ0v) is 29.1. The highest BCUT2D eigenvalue weighted by Gasteiger charge is 2.23. The fourth-order valence-electron chi connectivity index (χ4n) is 8.35. The van der Waals surface area contributed by atoms with Crippen molar-refractivity contribution in [3.63, 3.8) is 0 Å². The number of furan rings is 2.